The number of hydrogen-bond donors (Lipinski definition) is 0. The van der Waals surface area contributed by atoms with Gasteiger partial charge in [-0.25, -0.2) is 4.98 Å². The zero-order valence-corrected chi connectivity index (χ0v) is 21.8. The van der Waals surface area contributed by atoms with Crippen molar-refractivity contribution in [3.63, 3.8) is 0 Å². The fourth-order valence-corrected chi connectivity index (χ4v) is 5.69. The van der Waals surface area contributed by atoms with E-state index in [1.54, 1.807) is 7.11 Å². The monoisotopic (exact) mass is 505 g/mol. The van der Waals surface area contributed by atoms with Crippen LogP contribution in [0.1, 0.15) is 22.8 Å². The van der Waals surface area contributed by atoms with Gasteiger partial charge in [0.1, 0.15) is 17.0 Å². The molecule has 188 valence electrons. The second kappa shape index (κ2) is 10.8. The smallest absolute Gasteiger partial charge is 0.264 e. The van der Waals surface area contributed by atoms with Crippen LogP contribution in [0.4, 0.5) is 5.13 Å². The first-order chi connectivity index (χ1) is 17.6. The van der Waals surface area contributed by atoms with Crippen LogP contribution in [0.15, 0.2) is 48.5 Å². The summed E-state index contributed by atoms with van der Waals surface area (Å²) in [6.45, 7) is 8.84. The Hall–Kier alpha value is -3.20. The van der Waals surface area contributed by atoms with Gasteiger partial charge in [-0.3, -0.25) is 14.6 Å². The summed E-state index contributed by atoms with van der Waals surface area (Å²) < 4.78 is 18.1. The lowest BCUT2D eigenvalue weighted by molar-refractivity contribution is 0.0391. The van der Waals surface area contributed by atoms with Gasteiger partial charge in [0, 0.05) is 26.2 Å². The Labute approximate surface area is 215 Å². The van der Waals surface area contributed by atoms with Crippen LogP contribution in [-0.2, 0) is 4.74 Å². The first kappa shape index (κ1) is 24.5. The van der Waals surface area contributed by atoms with E-state index in [0.717, 1.165) is 46.2 Å². The number of nitrogens with zero attached hydrogens (tertiary/aromatic N) is 3. The van der Waals surface area contributed by atoms with Gasteiger partial charge in [0.05, 0.1) is 37.2 Å². The minimum atomic E-state index is -0.112. The number of amides is 1. The molecule has 36 heavy (non-hydrogen) atoms. The number of hydrogen-bond acceptors (Lipinski definition) is 7. The molecule has 1 aliphatic heterocycles. The summed E-state index contributed by atoms with van der Waals surface area (Å²) in [6.07, 6.45) is 0. The SMILES string of the molecule is CCOc1ccc2ccccc2c1C(=O)N(CCN1CCOCC1)c1nc2c(OC)ccc(C)c2s1. The molecule has 0 atom stereocenters. The maximum absolute atomic E-state index is 14.4. The van der Waals surface area contributed by atoms with Crippen LogP contribution in [0.5, 0.6) is 11.5 Å². The van der Waals surface area contributed by atoms with Gasteiger partial charge in [-0.05, 0) is 42.3 Å². The number of benzene rings is 3. The van der Waals surface area contributed by atoms with E-state index in [2.05, 4.69) is 11.8 Å². The molecule has 1 aromatic heterocycles. The normalized spacial score (nSPS) is 14.3. The highest BCUT2D eigenvalue weighted by atomic mass is 32.1. The Morgan fingerprint density at radius 2 is 1.89 bits per heavy atom. The minimum Gasteiger partial charge on any atom is -0.494 e. The molecular weight excluding hydrogens is 474 g/mol. The quantitative estimate of drug-likeness (QED) is 0.330. The lowest BCUT2D eigenvalue weighted by atomic mass is 10.0. The highest BCUT2D eigenvalue weighted by molar-refractivity contribution is 7.22. The highest BCUT2D eigenvalue weighted by Gasteiger charge is 2.28. The molecule has 1 fully saturated rings. The molecule has 5 rings (SSSR count). The molecule has 8 heteroatoms. The molecule has 0 spiro atoms. The number of anilines is 1. The molecule has 1 amide bonds. The summed E-state index contributed by atoms with van der Waals surface area (Å²) in [5.74, 6) is 1.19. The third-order valence-corrected chi connectivity index (χ3v) is 7.75. The van der Waals surface area contributed by atoms with Crippen molar-refractivity contribution in [2.45, 2.75) is 13.8 Å². The number of carbonyl (C=O) groups excluding carboxylic acids is 1. The largest absolute Gasteiger partial charge is 0.494 e. The molecule has 3 aromatic carbocycles. The third-order valence-electron chi connectivity index (χ3n) is 6.54. The Bertz CT molecular complexity index is 1380. The van der Waals surface area contributed by atoms with E-state index in [1.807, 2.05) is 60.4 Å². The van der Waals surface area contributed by atoms with Crippen molar-refractivity contribution in [2.75, 3.05) is 58.0 Å². The topological polar surface area (TPSA) is 64.1 Å². The summed E-state index contributed by atoms with van der Waals surface area (Å²) in [7, 11) is 1.65. The van der Waals surface area contributed by atoms with Gasteiger partial charge < -0.3 is 14.2 Å². The van der Waals surface area contributed by atoms with Gasteiger partial charge in [-0.1, -0.05) is 47.7 Å². The number of methoxy groups -OCH3 is 1. The number of rotatable bonds is 8. The number of thiazole rings is 1. The standard InChI is InChI=1S/C28H31N3O4S/c1-4-35-22-12-10-20-7-5-6-8-21(20)24(22)27(32)31(14-13-30-15-17-34-18-16-30)28-29-25-23(33-3)11-9-19(2)26(25)36-28/h5-12H,4,13-18H2,1-3H3. The van der Waals surface area contributed by atoms with Crippen molar-refractivity contribution in [3.05, 3.63) is 59.7 Å². The summed E-state index contributed by atoms with van der Waals surface area (Å²) in [4.78, 5) is 23.4. The van der Waals surface area contributed by atoms with Gasteiger partial charge in [0.2, 0.25) is 0 Å². The van der Waals surface area contributed by atoms with Crippen LogP contribution < -0.4 is 14.4 Å². The first-order valence-electron chi connectivity index (χ1n) is 12.3. The van der Waals surface area contributed by atoms with Crippen LogP contribution in [0, 0.1) is 6.92 Å². The minimum absolute atomic E-state index is 0.112. The molecule has 4 aromatic rings. The molecule has 1 aliphatic rings. The molecule has 0 N–H and O–H groups in total. The van der Waals surface area contributed by atoms with E-state index in [9.17, 15) is 4.79 Å². The summed E-state index contributed by atoms with van der Waals surface area (Å²) in [5.41, 5.74) is 2.46. The van der Waals surface area contributed by atoms with E-state index in [4.69, 9.17) is 19.2 Å². The lowest BCUT2D eigenvalue weighted by Crippen LogP contribution is -2.43. The van der Waals surface area contributed by atoms with Gasteiger partial charge in [0.25, 0.3) is 5.91 Å². The number of aromatic nitrogens is 1. The average molecular weight is 506 g/mol. The maximum Gasteiger partial charge on any atom is 0.264 e. The van der Waals surface area contributed by atoms with E-state index in [1.165, 1.54) is 11.3 Å². The Balaban J connectivity index is 1.61. The van der Waals surface area contributed by atoms with Crippen molar-refractivity contribution in [2.24, 2.45) is 0 Å². The van der Waals surface area contributed by atoms with Crippen LogP contribution in [0.25, 0.3) is 21.0 Å². The second-order valence-corrected chi connectivity index (χ2v) is 9.74. The lowest BCUT2D eigenvalue weighted by Gasteiger charge is -2.29. The molecule has 0 bridgehead atoms. The molecular formula is C28H31N3O4S. The van der Waals surface area contributed by atoms with E-state index < -0.39 is 0 Å². The zero-order chi connectivity index (χ0) is 25.1. The summed E-state index contributed by atoms with van der Waals surface area (Å²) >= 11 is 1.53. The zero-order valence-electron chi connectivity index (χ0n) is 21.0. The van der Waals surface area contributed by atoms with Crippen molar-refractivity contribution in [3.8, 4) is 11.5 Å². The molecule has 0 unspecified atom stereocenters. The number of carbonyl (C=O) groups is 1. The second-order valence-electron chi connectivity index (χ2n) is 8.76. The molecule has 1 saturated heterocycles. The maximum atomic E-state index is 14.4. The van der Waals surface area contributed by atoms with Gasteiger partial charge >= 0.3 is 0 Å². The van der Waals surface area contributed by atoms with Crippen LogP contribution in [0.3, 0.4) is 0 Å². The fraction of sp³-hybridized carbons (Fsp3) is 0.357. The molecule has 7 nitrogen and oxygen atoms in total. The van der Waals surface area contributed by atoms with Gasteiger partial charge in [0.15, 0.2) is 5.13 Å². The number of aryl methyl sites for hydroxylation is 1. The van der Waals surface area contributed by atoms with Gasteiger partial charge in [-0.15, -0.1) is 0 Å². The van der Waals surface area contributed by atoms with Crippen molar-refractivity contribution >= 4 is 43.4 Å². The van der Waals surface area contributed by atoms with Crippen molar-refractivity contribution in [1.29, 1.82) is 0 Å². The first-order valence-corrected chi connectivity index (χ1v) is 13.1. The molecule has 0 saturated carbocycles. The molecule has 0 radical (unpaired) electrons. The Kier molecular flexibility index (Phi) is 7.36. The fourth-order valence-electron chi connectivity index (χ4n) is 4.61. The Morgan fingerprint density at radius 3 is 2.67 bits per heavy atom. The van der Waals surface area contributed by atoms with Crippen LogP contribution in [0.2, 0.25) is 0 Å². The average Bonchev–Trinajstić information content (AvgIpc) is 3.36. The molecule has 0 aliphatic carbocycles. The van der Waals surface area contributed by atoms with Crippen molar-refractivity contribution < 1.29 is 19.0 Å². The van der Waals surface area contributed by atoms with E-state index in [-0.39, 0.29) is 5.91 Å². The van der Waals surface area contributed by atoms with Crippen molar-refractivity contribution in [1.82, 2.24) is 9.88 Å². The van der Waals surface area contributed by atoms with E-state index in [0.29, 0.717) is 48.6 Å². The summed E-state index contributed by atoms with van der Waals surface area (Å²) in [6, 6.07) is 15.8. The summed E-state index contributed by atoms with van der Waals surface area (Å²) in [5, 5.41) is 2.53. The molecule has 2 heterocycles. The van der Waals surface area contributed by atoms with E-state index >= 15 is 0 Å². The predicted molar refractivity (Wildman–Crippen MR) is 145 cm³/mol. The number of morpholine rings is 1. The predicted octanol–water partition coefficient (Wildman–Crippen LogP) is 5.14. The van der Waals surface area contributed by atoms with Crippen LogP contribution >= 0.6 is 11.3 Å². The highest BCUT2D eigenvalue weighted by Crippen LogP contribution is 2.38. The number of ether oxygens (including phenoxy) is 3. The Morgan fingerprint density at radius 1 is 1.11 bits per heavy atom. The van der Waals surface area contributed by atoms with Gasteiger partial charge in [-0.2, -0.15) is 0 Å². The van der Waals surface area contributed by atoms with Crippen LogP contribution in [-0.4, -0.2) is 68.9 Å². The third kappa shape index (κ3) is 4.76. The number of fused-ring (bicyclic) bond motifs is 2.